The van der Waals surface area contributed by atoms with Crippen LogP contribution in [-0.2, 0) is 17.9 Å². The monoisotopic (exact) mass is 286 g/mol. The van der Waals surface area contributed by atoms with Crippen molar-refractivity contribution in [1.82, 2.24) is 9.78 Å². The van der Waals surface area contributed by atoms with Crippen molar-refractivity contribution in [3.05, 3.63) is 39.7 Å². The van der Waals surface area contributed by atoms with Gasteiger partial charge in [0.15, 0.2) is 0 Å². The molecule has 0 fully saturated rings. The highest BCUT2D eigenvalue weighted by Gasteiger charge is 2.13. The standard InChI is InChI=1S/C15H14N2O4/c1-3-7-17-13-6-5-10(15(20)21-4-2)8-11(13)14(19)12(9-18)16-17/h1,5-6,8,18H,4,7,9H2,2H3. The van der Waals surface area contributed by atoms with Crippen LogP contribution in [0.15, 0.2) is 23.0 Å². The quantitative estimate of drug-likeness (QED) is 0.661. The predicted molar refractivity (Wildman–Crippen MR) is 76.7 cm³/mol. The van der Waals surface area contributed by atoms with E-state index < -0.39 is 18.0 Å². The van der Waals surface area contributed by atoms with Crippen molar-refractivity contribution in [3.8, 4) is 12.3 Å². The van der Waals surface area contributed by atoms with Crippen molar-refractivity contribution in [2.24, 2.45) is 0 Å². The Kier molecular flexibility index (Phi) is 4.36. The number of aliphatic hydroxyl groups is 1. The van der Waals surface area contributed by atoms with Gasteiger partial charge in [-0.05, 0) is 25.1 Å². The molecule has 0 spiro atoms. The van der Waals surface area contributed by atoms with Crippen molar-refractivity contribution in [1.29, 1.82) is 0 Å². The first-order valence-corrected chi connectivity index (χ1v) is 6.37. The van der Waals surface area contributed by atoms with Crippen molar-refractivity contribution >= 4 is 16.9 Å². The molecule has 0 bridgehead atoms. The van der Waals surface area contributed by atoms with Crippen LogP contribution in [-0.4, -0.2) is 27.5 Å². The van der Waals surface area contributed by atoms with Gasteiger partial charge in [0, 0.05) is 0 Å². The lowest BCUT2D eigenvalue weighted by molar-refractivity contribution is 0.0526. The Morgan fingerprint density at radius 2 is 2.29 bits per heavy atom. The Morgan fingerprint density at radius 1 is 1.52 bits per heavy atom. The minimum absolute atomic E-state index is 0.0150. The fourth-order valence-corrected chi connectivity index (χ4v) is 2.00. The average molecular weight is 286 g/mol. The van der Waals surface area contributed by atoms with Gasteiger partial charge < -0.3 is 9.84 Å². The molecule has 6 nitrogen and oxygen atoms in total. The fraction of sp³-hybridized carbons (Fsp3) is 0.267. The van der Waals surface area contributed by atoms with Gasteiger partial charge in [0.2, 0.25) is 5.43 Å². The maximum absolute atomic E-state index is 12.2. The largest absolute Gasteiger partial charge is 0.462 e. The number of benzene rings is 1. The summed E-state index contributed by atoms with van der Waals surface area (Å²) in [4.78, 5) is 23.9. The molecular weight excluding hydrogens is 272 g/mol. The molecule has 0 aliphatic rings. The summed E-state index contributed by atoms with van der Waals surface area (Å²) in [6.07, 6.45) is 5.27. The molecule has 1 heterocycles. The lowest BCUT2D eigenvalue weighted by atomic mass is 10.1. The summed E-state index contributed by atoms with van der Waals surface area (Å²) >= 11 is 0. The van der Waals surface area contributed by atoms with E-state index in [-0.39, 0.29) is 29.8 Å². The van der Waals surface area contributed by atoms with Crippen LogP contribution in [0.1, 0.15) is 23.0 Å². The minimum atomic E-state index is -0.510. The lowest BCUT2D eigenvalue weighted by Crippen LogP contribution is -2.19. The second-order valence-electron chi connectivity index (χ2n) is 4.25. The molecule has 0 aliphatic heterocycles. The normalized spacial score (nSPS) is 10.3. The Morgan fingerprint density at radius 3 is 2.90 bits per heavy atom. The summed E-state index contributed by atoms with van der Waals surface area (Å²) in [5.74, 6) is 1.92. The first-order chi connectivity index (χ1) is 10.1. The molecule has 6 heteroatoms. The Bertz CT molecular complexity index is 787. The molecule has 0 atom stereocenters. The lowest BCUT2D eigenvalue weighted by Gasteiger charge is -2.10. The van der Waals surface area contributed by atoms with Gasteiger partial charge in [0.1, 0.15) is 12.2 Å². The van der Waals surface area contributed by atoms with Crippen LogP contribution in [0.3, 0.4) is 0 Å². The van der Waals surface area contributed by atoms with E-state index in [1.54, 1.807) is 19.1 Å². The van der Waals surface area contributed by atoms with Gasteiger partial charge in [-0.25, -0.2) is 4.79 Å². The van der Waals surface area contributed by atoms with Gasteiger partial charge in [0.25, 0.3) is 0 Å². The molecule has 0 aliphatic carbocycles. The van der Waals surface area contributed by atoms with Crippen LogP contribution in [0.4, 0.5) is 0 Å². The molecule has 21 heavy (non-hydrogen) atoms. The van der Waals surface area contributed by atoms with E-state index >= 15 is 0 Å². The number of aromatic nitrogens is 2. The smallest absolute Gasteiger partial charge is 0.338 e. The summed E-state index contributed by atoms with van der Waals surface area (Å²) in [6, 6.07) is 4.57. The van der Waals surface area contributed by atoms with Crippen LogP contribution in [0, 0.1) is 12.3 Å². The van der Waals surface area contributed by atoms with Gasteiger partial charge in [0.05, 0.1) is 29.7 Å². The van der Waals surface area contributed by atoms with Gasteiger partial charge in [-0.3, -0.25) is 9.48 Å². The maximum Gasteiger partial charge on any atom is 0.338 e. The number of fused-ring (bicyclic) bond motifs is 1. The van der Waals surface area contributed by atoms with Crippen LogP contribution in [0.5, 0.6) is 0 Å². The first kappa shape index (κ1) is 14.8. The van der Waals surface area contributed by atoms with E-state index in [9.17, 15) is 14.7 Å². The van der Waals surface area contributed by atoms with E-state index in [0.717, 1.165) is 0 Å². The SMILES string of the molecule is C#CCn1nc(CO)c(=O)c2cc(C(=O)OCC)ccc21. The van der Waals surface area contributed by atoms with Crippen LogP contribution >= 0.6 is 0 Å². The predicted octanol–water partition coefficient (Wildman–Crippen LogP) is 0.699. The van der Waals surface area contributed by atoms with E-state index in [0.29, 0.717) is 5.52 Å². The van der Waals surface area contributed by atoms with E-state index in [1.165, 1.54) is 10.7 Å². The molecule has 2 rings (SSSR count). The zero-order valence-corrected chi connectivity index (χ0v) is 11.5. The van der Waals surface area contributed by atoms with Crippen LogP contribution < -0.4 is 5.43 Å². The molecular formula is C15H14N2O4. The molecule has 0 amide bonds. The zero-order valence-electron chi connectivity index (χ0n) is 11.5. The number of carbonyl (C=O) groups is 1. The van der Waals surface area contributed by atoms with Crippen molar-refractivity contribution < 1.29 is 14.6 Å². The molecule has 1 aromatic carbocycles. The Hall–Kier alpha value is -2.65. The van der Waals surface area contributed by atoms with Crippen molar-refractivity contribution in [2.45, 2.75) is 20.1 Å². The average Bonchev–Trinajstić information content (AvgIpc) is 2.50. The second kappa shape index (κ2) is 6.20. The summed E-state index contributed by atoms with van der Waals surface area (Å²) in [5, 5.41) is 13.5. The summed E-state index contributed by atoms with van der Waals surface area (Å²) < 4.78 is 6.35. The number of terminal acetylenes is 1. The molecule has 1 aromatic heterocycles. The molecule has 108 valence electrons. The summed E-state index contributed by atoms with van der Waals surface area (Å²) in [7, 11) is 0. The fourth-order valence-electron chi connectivity index (χ4n) is 2.00. The highest BCUT2D eigenvalue weighted by Crippen LogP contribution is 2.14. The van der Waals surface area contributed by atoms with Gasteiger partial charge >= 0.3 is 5.97 Å². The number of aliphatic hydroxyl groups excluding tert-OH is 1. The van der Waals surface area contributed by atoms with Crippen molar-refractivity contribution in [3.63, 3.8) is 0 Å². The van der Waals surface area contributed by atoms with Crippen LogP contribution in [0.25, 0.3) is 10.9 Å². The third-order valence-corrected chi connectivity index (χ3v) is 2.92. The van der Waals surface area contributed by atoms with E-state index in [1.807, 2.05) is 0 Å². The Balaban J connectivity index is 2.70. The molecule has 0 unspecified atom stereocenters. The van der Waals surface area contributed by atoms with Crippen molar-refractivity contribution in [2.75, 3.05) is 6.61 Å². The molecule has 0 radical (unpaired) electrons. The molecule has 2 aromatic rings. The highest BCUT2D eigenvalue weighted by atomic mass is 16.5. The summed E-state index contributed by atoms with van der Waals surface area (Å²) in [6.45, 7) is 1.61. The topological polar surface area (TPSA) is 81.4 Å². The highest BCUT2D eigenvalue weighted by molar-refractivity contribution is 5.94. The van der Waals surface area contributed by atoms with Crippen LogP contribution in [0.2, 0.25) is 0 Å². The third kappa shape index (κ3) is 2.78. The first-order valence-electron chi connectivity index (χ1n) is 6.37. The van der Waals surface area contributed by atoms with Gasteiger partial charge in [-0.2, -0.15) is 5.10 Å². The molecule has 0 saturated heterocycles. The number of esters is 1. The maximum atomic E-state index is 12.2. The third-order valence-electron chi connectivity index (χ3n) is 2.92. The number of rotatable bonds is 4. The number of nitrogens with zero attached hydrogens (tertiary/aromatic N) is 2. The molecule has 0 saturated carbocycles. The summed E-state index contributed by atoms with van der Waals surface area (Å²) in [5.41, 5.74) is 0.331. The van der Waals surface area contributed by atoms with Gasteiger partial charge in [-0.1, -0.05) is 5.92 Å². The number of carbonyl (C=O) groups excluding carboxylic acids is 1. The second-order valence-corrected chi connectivity index (χ2v) is 4.25. The van der Waals surface area contributed by atoms with E-state index in [2.05, 4.69) is 11.0 Å². The zero-order chi connectivity index (χ0) is 15.4. The van der Waals surface area contributed by atoms with E-state index in [4.69, 9.17) is 11.2 Å². The Labute approximate surface area is 121 Å². The molecule has 1 N–H and O–H groups in total. The number of hydrogen-bond acceptors (Lipinski definition) is 5. The number of ether oxygens (including phenoxy) is 1. The number of hydrogen-bond donors (Lipinski definition) is 1. The minimum Gasteiger partial charge on any atom is -0.462 e. The van der Waals surface area contributed by atoms with Gasteiger partial charge in [-0.15, -0.1) is 6.42 Å².